The van der Waals surface area contributed by atoms with Gasteiger partial charge in [0.15, 0.2) is 5.82 Å². The van der Waals surface area contributed by atoms with E-state index in [4.69, 9.17) is 0 Å². The number of aryl methyl sites for hydroxylation is 1. The molecule has 1 aromatic heterocycles. The molecule has 1 amide bonds. The van der Waals surface area contributed by atoms with Gasteiger partial charge in [0.1, 0.15) is 0 Å². The van der Waals surface area contributed by atoms with E-state index in [0.29, 0.717) is 11.4 Å². The highest BCUT2D eigenvalue weighted by atomic mass is 16.3. The van der Waals surface area contributed by atoms with Crippen LogP contribution in [0, 0.1) is 12.8 Å². The van der Waals surface area contributed by atoms with Crippen molar-refractivity contribution in [1.29, 1.82) is 0 Å². The molecule has 0 saturated carbocycles. The molecule has 0 unspecified atom stereocenters. The maximum absolute atomic E-state index is 12.2. The molecule has 7 heteroatoms. The van der Waals surface area contributed by atoms with Gasteiger partial charge in [-0.3, -0.25) is 4.79 Å². The van der Waals surface area contributed by atoms with Crippen molar-refractivity contribution in [3.05, 3.63) is 35.7 Å². The first-order valence-corrected chi connectivity index (χ1v) is 7.34. The molecule has 2 N–H and O–H groups in total. The summed E-state index contributed by atoms with van der Waals surface area (Å²) in [4.78, 5) is 12.2. The zero-order valence-corrected chi connectivity index (χ0v) is 13.0. The standard InChI is InChI=1S/C15H21N5O2/c1-4-10(2)14(9-21)16-15(22)12-5-7-13(8-6-12)20-11(3)17-18-19-20/h5-8,10,14,21H,4,9H2,1-3H3,(H,16,22)/t10-,14-/m1/s1. The number of rotatable bonds is 6. The number of tetrazole rings is 1. The molecule has 118 valence electrons. The molecule has 1 aromatic carbocycles. The van der Waals surface area contributed by atoms with Gasteiger partial charge in [-0.1, -0.05) is 20.3 Å². The average molecular weight is 303 g/mol. The fourth-order valence-corrected chi connectivity index (χ4v) is 2.13. The molecule has 0 spiro atoms. The Bertz CT molecular complexity index is 623. The highest BCUT2D eigenvalue weighted by Crippen LogP contribution is 2.11. The molecule has 2 rings (SSSR count). The number of carbonyl (C=O) groups excluding carboxylic acids is 1. The minimum atomic E-state index is -0.237. The van der Waals surface area contributed by atoms with E-state index < -0.39 is 0 Å². The zero-order valence-electron chi connectivity index (χ0n) is 13.0. The van der Waals surface area contributed by atoms with E-state index in [2.05, 4.69) is 20.8 Å². The molecule has 0 fully saturated rings. The first-order valence-electron chi connectivity index (χ1n) is 7.34. The third-order valence-corrected chi connectivity index (χ3v) is 3.84. The van der Waals surface area contributed by atoms with Crippen molar-refractivity contribution in [2.24, 2.45) is 5.92 Å². The Morgan fingerprint density at radius 1 is 1.36 bits per heavy atom. The van der Waals surface area contributed by atoms with Crippen molar-refractivity contribution in [1.82, 2.24) is 25.5 Å². The Kier molecular flexibility index (Phi) is 5.21. The summed E-state index contributed by atoms with van der Waals surface area (Å²) in [5, 5.41) is 23.5. The van der Waals surface area contributed by atoms with Gasteiger partial charge in [-0.05, 0) is 47.5 Å². The molecule has 2 atom stereocenters. The van der Waals surface area contributed by atoms with Crippen LogP contribution in [0.5, 0.6) is 0 Å². The number of amides is 1. The van der Waals surface area contributed by atoms with E-state index in [9.17, 15) is 9.90 Å². The number of aromatic nitrogens is 4. The minimum absolute atomic E-state index is 0.0668. The lowest BCUT2D eigenvalue weighted by Gasteiger charge is -2.22. The largest absolute Gasteiger partial charge is 0.394 e. The third kappa shape index (κ3) is 3.48. The van der Waals surface area contributed by atoms with Crippen LogP contribution in [0.15, 0.2) is 24.3 Å². The van der Waals surface area contributed by atoms with Crippen molar-refractivity contribution < 1.29 is 9.90 Å². The van der Waals surface area contributed by atoms with Crippen LogP contribution in [0.3, 0.4) is 0 Å². The topological polar surface area (TPSA) is 92.9 Å². The highest BCUT2D eigenvalue weighted by molar-refractivity contribution is 5.94. The van der Waals surface area contributed by atoms with Gasteiger partial charge in [0, 0.05) is 5.56 Å². The smallest absolute Gasteiger partial charge is 0.251 e. The fraction of sp³-hybridized carbons (Fsp3) is 0.467. The van der Waals surface area contributed by atoms with Crippen molar-refractivity contribution >= 4 is 5.91 Å². The van der Waals surface area contributed by atoms with E-state index in [1.807, 2.05) is 13.8 Å². The van der Waals surface area contributed by atoms with E-state index >= 15 is 0 Å². The number of carbonyl (C=O) groups is 1. The predicted molar refractivity (Wildman–Crippen MR) is 81.7 cm³/mol. The summed E-state index contributed by atoms with van der Waals surface area (Å²) < 4.78 is 1.59. The molecule has 0 radical (unpaired) electrons. The molecular formula is C15H21N5O2. The lowest BCUT2D eigenvalue weighted by Crippen LogP contribution is -2.41. The summed E-state index contributed by atoms with van der Waals surface area (Å²) >= 11 is 0. The van der Waals surface area contributed by atoms with Gasteiger partial charge in [-0.15, -0.1) is 5.10 Å². The summed E-state index contributed by atoms with van der Waals surface area (Å²) in [6.07, 6.45) is 0.892. The first-order chi connectivity index (χ1) is 10.6. The molecule has 0 saturated heterocycles. The number of hydrogen-bond donors (Lipinski definition) is 2. The second-order valence-corrected chi connectivity index (χ2v) is 5.33. The zero-order chi connectivity index (χ0) is 16.1. The average Bonchev–Trinajstić information content (AvgIpc) is 2.97. The van der Waals surface area contributed by atoms with E-state index in [1.54, 1.807) is 35.9 Å². The number of benzene rings is 1. The molecule has 0 bridgehead atoms. The predicted octanol–water partition coefficient (Wildman–Crippen LogP) is 1.11. The minimum Gasteiger partial charge on any atom is -0.394 e. The second-order valence-electron chi connectivity index (χ2n) is 5.33. The SMILES string of the molecule is CC[C@@H](C)[C@@H](CO)NC(=O)c1ccc(-n2nnnc2C)cc1. The van der Waals surface area contributed by atoms with Crippen LogP contribution in [0.4, 0.5) is 0 Å². The van der Waals surface area contributed by atoms with Gasteiger partial charge >= 0.3 is 0 Å². The van der Waals surface area contributed by atoms with Crippen LogP contribution in [-0.2, 0) is 0 Å². The van der Waals surface area contributed by atoms with E-state index in [0.717, 1.165) is 12.1 Å². The van der Waals surface area contributed by atoms with Gasteiger partial charge < -0.3 is 10.4 Å². The Morgan fingerprint density at radius 2 is 2.05 bits per heavy atom. The van der Waals surface area contributed by atoms with Crippen molar-refractivity contribution in [2.75, 3.05) is 6.61 Å². The quantitative estimate of drug-likeness (QED) is 0.834. The Balaban J connectivity index is 2.10. The fourth-order valence-electron chi connectivity index (χ4n) is 2.13. The Labute approximate surface area is 129 Å². The van der Waals surface area contributed by atoms with Crippen LogP contribution in [0.1, 0.15) is 36.5 Å². The maximum atomic E-state index is 12.2. The van der Waals surface area contributed by atoms with Crippen LogP contribution in [0.25, 0.3) is 5.69 Å². The van der Waals surface area contributed by atoms with Crippen molar-refractivity contribution in [2.45, 2.75) is 33.2 Å². The van der Waals surface area contributed by atoms with Crippen LogP contribution in [-0.4, -0.2) is 43.9 Å². The van der Waals surface area contributed by atoms with Crippen molar-refractivity contribution in [3.63, 3.8) is 0 Å². The second kappa shape index (κ2) is 7.13. The lowest BCUT2D eigenvalue weighted by molar-refractivity contribution is 0.0891. The molecular weight excluding hydrogens is 282 g/mol. The van der Waals surface area contributed by atoms with Gasteiger partial charge in [0.05, 0.1) is 18.3 Å². The highest BCUT2D eigenvalue weighted by Gasteiger charge is 2.18. The lowest BCUT2D eigenvalue weighted by atomic mass is 9.99. The summed E-state index contributed by atoms with van der Waals surface area (Å²) in [5.41, 5.74) is 1.33. The number of aliphatic hydroxyl groups is 1. The normalized spacial score (nSPS) is 13.6. The molecule has 0 aliphatic rings. The van der Waals surface area contributed by atoms with Crippen LogP contribution in [0.2, 0.25) is 0 Å². The summed E-state index contributed by atoms with van der Waals surface area (Å²) in [7, 11) is 0. The summed E-state index contributed by atoms with van der Waals surface area (Å²) in [5.74, 6) is 0.700. The molecule has 22 heavy (non-hydrogen) atoms. The number of hydrogen-bond acceptors (Lipinski definition) is 5. The van der Waals surface area contributed by atoms with Gasteiger partial charge in [0.25, 0.3) is 5.91 Å². The van der Waals surface area contributed by atoms with E-state index in [1.165, 1.54) is 0 Å². The summed E-state index contributed by atoms with van der Waals surface area (Å²) in [6, 6.07) is 6.78. The van der Waals surface area contributed by atoms with Gasteiger partial charge in [0.2, 0.25) is 0 Å². The molecule has 0 aliphatic heterocycles. The Hall–Kier alpha value is -2.28. The molecule has 7 nitrogen and oxygen atoms in total. The monoisotopic (exact) mass is 303 g/mol. The van der Waals surface area contributed by atoms with E-state index in [-0.39, 0.29) is 24.5 Å². The number of nitrogens with one attached hydrogen (secondary N) is 1. The van der Waals surface area contributed by atoms with Gasteiger partial charge in [-0.25, -0.2) is 0 Å². The van der Waals surface area contributed by atoms with Crippen LogP contribution < -0.4 is 5.32 Å². The van der Waals surface area contributed by atoms with Gasteiger partial charge in [-0.2, -0.15) is 4.68 Å². The third-order valence-electron chi connectivity index (χ3n) is 3.84. The Morgan fingerprint density at radius 3 is 2.55 bits per heavy atom. The molecule has 1 heterocycles. The molecule has 2 aromatic rings. The van der Waals surface area contributed by atoms with Crippen LogP contribution >= 0.6 is 0 Å². The number of nitrogens with zero attached hydrogens (tertiary/aromatic N) is 4. The maximum Gasteiger partial charge on any atom is 0.251 e. The number of aliphatic hydroxyl groups excluding tert-OH is 1. The summed E-state index contributed by atoms with van der Waals surface area (Å²) in [6.45, 7) is 5.77. The molecule has 0 aliphatic carbocycles. The van der Waals surface area contributed by atoms with Crippen molar-refractivity contribution in [3.8, 4) is 5.69 Å². The first kappa shape index (κ1) is 16.1.